The molecule has 0 radical (unpaired) electrons. The van der Waals surface area contributed by atoms with Crippen LogP contribution in [0.2, 0.25) is 0 Å². The summed E-state index contributed by atoms with van der Waals surface area (Å²) in [5, 5.41) is 25.6. The molecule has 1 aliphatic rings. The number of nitrogens with two attached hydrogens (primary N) is 1. The van der Waals surface area contributed by atoms with E-state index in [2.05, 4.69) is 15.6 Å². The van der Waals surface area contributed by atoms with Gasteiger partial charge in [-0.05, 0) is 38.3 Å². The molecule has 2 heterocycles. The van der Waals surface area contributed by atoms with E-state index in [9.17, 15) is 29.4 Å². The summed E-state index contributed by atoms with van der Waals surface area (Å²) in [5.74, 6) is -3.02. The predicted octanol–water partition coefficient (Wildman–Crippen LogP) is -0.516. The first-order chi connectivity index (χ1) is 16.1. The second-order valence-corrected chi connectivity index (χ2v) is 8.67. The number of carboxylic acids is 1. The summed E-state index contributed by atoms with van der Waals surface area (Å²) in [7, 11) is 0. The second kappa shape index (κ2) is 10.7. The lowest BCUT2D eigenvalue weighted by Crippen LogP contribution is -2.59. The Balaban J connectivity index is 1.73. The third kappa shape index (κ3) is 5.54. The van der Waals surface area contributed by atoms with Gasteiger partial charge in [0.2, 0.25) is 17.7 Å². The minimum atomic E-state index is -1.27. The van der Waals surface area contributed by atoms with Crippen molar-refractivity contribution < 1.29 is 29.4 Å². The molecule has 11 heteroatoms. The second-order valence-electron chi connectivity index (χ2n) is 8.67. The van der Waals surface area contributed by atoms with Crippen LogP contribution >= 0.6 is 0 Å². The molecule has 11 nitrogen and oxygen atoms in total. The van der Waals surface area contributed by atoms with Gasteiger partial charge in [-0.25, -0.2) is 4.79 Å². The van der Waals surface area contributed by atoms with Crippen molar-refractivity contribution in [3.63, 3.8) is 0 Å². The van der Waals surface area contributed by atoms with Gasteiger partial charge >= 0.3 is 5.97 Å². The average Bonchev–Trinajstić information content (AvgIpc) is 3.43. The Morgan fingerprint density at radius 2 is 1.91 bits per heavy atom. The fourth-order valence-electron chi connectivity index (χ4n) is 4.14. The number of H-pyrrole nitrogens is 1. The van der Waals surface area contributed by atoms with Crippen LogP contribution in [-0.2, 0) is 25.6 Å². The van der Waals surface area contributed by atoms with E-state index in [1.165, 1.54) is 18.7 Å². The fraction of sp³-hybridized carbons (Fsp3) is 0.478. The molecule has 1 aromatic carbocycles. The highest BCUT2D eigenvalue weighted by Crippen LogP contribution is 2.22. The number of carbonyl (C=O) groups excluding carboxylic acids is 3. The number of aromatic nitrogens is 1. The number of carbonyl (C=O) groups is 4. The SMILES string of the molecule is CC(N)C(=O)NC(C(=O)N1CCCC1C(=O)NC(Cc1c[nH]c2ccccc12)C(=O)O)C(C)O. The van der Waals surface area contributed by atoms with Crippen molar-refractivity contribution in [1.82, 2.24) is 20.5 Å². The van der Waals surface area contributed by atoms with Gasteiger partial charge in [0.1, 0.15) is 18.1 Å². The monoisotopic (exact) mass is 473 g/mol. The van der Waals surface area contributed by atoms with Crippen molar-refractivity contribution in [2.45, 2.75) is 63.4 Å². The Hall–Kier alpha value is -3.44. The molecule has 1 fully saturated rings. The minimum Gasteiger partial charge on any atom is -0.480 e. The lowest BCUT2D eigenvalue weighted by atomic mass is 10.0. The number of aromatic amines is 1. The molecule has 34 heavy (non-hydrogen) atoms. The molecule has 1 aromatic heterocycles. The smallest absolute Gasteiger partial charge is 0.326 e. The predicted molar refractivity (Wildman–Crippen MR) is 124 cm³/mol. The van der Waals surface area contributed by atoms with Crippen LogP contribution < -0.4 is 16.4 Å². The van der Waals surface area contributed by atoms with E-state index in [4.69, 9.17) is 5.73 Å². The quantitative estimate of drug-likeness (QED) is 0.284. The molecule has 0 spiro atoms. The Morgan fingerprint density at radius 3 is 2.56 bits per heavy atom. The molecule has 5 unspecified atom stereocenters. The van der Waals surface area contributed by atoms with Gasteiger partial charge in [0.15, 0.2) is 0 Å². The summed E-state index contributed by atoms with van der Waals surface area (Å²) in [5.41, 5.74) is 7.15. The Kier molecular flexibility index (Phi) is 7.90. The normalized spacial score (nSPS) is 19.3. The number of hydrogen-bond donors (Lipinski definition) is 6. The van der Waals surface area contributed by atoms with Gasteiger partial charge in [0, 0.05) is 30.1 Å². The zero-order valence-electron chi connectivity index (χ0n) is 19.2. The van der Waals surface area contributed by atoms with Crippen LogP contribution in [0.3, 0.4) is 0 Å². The van der Waals surface area contributed by atoms with Crippen LogP contribution in [-0.4, -0.2) is 80.6 Å². The number of para-hydroxylation sites is 1. The van der Waals surface area contributed by atoms with Gasteiger partial charge in [-0.2, -0.15) is 0 Å². The van der Waals surface area contributed by atoms with Gasteiger partial charge in [-0.15, -0.1) is 0 Å². The number of nitrogens with one attached hydrogen (secondary N) is 3. The summed E-state index contributed by atoms with van der Waals surface area (Å²) in [6.45, 7) is 3.05. The highest BCUT2D eigenvalue weighted by atomic mass is 16.4. The highest BCUT2D eigenvalue weighted by molar-refractivity contribution is 5.95. The number of rotatable bonds is 9. The van der Waals surface area contributed by atoms with Gasteiger partial charge in [-0.1, -0.05) is 18.2 Å². The Bertz CT molecular complexity index is 1070. The maximum atomic E-state index is 13.1. The molecule has 0 saturated carbocycles. The van der Waals surface area contributed by atoms with Gasteiger partial charge < -0.3 is 36.5 Å². The number of benzene rings is 1. The maximum Gasteiger partial charge on any atom is 0.326 e. The van der Waals surface area contributed by atoms with E-state index < -0.39 is 54.0 Å². The van der Waals surface area contributed by atoms with Crippen molar-refractivity contribution in [2.24, 2.45) is 5.73 Å². The minimum absolute atomic E-state index is 0.0620. The molecule has 2 aromatic rings. The van der Waals surface area contributed by atoms with E-state index >= 15 is 0 Å². The Labute approximate surface area is 196 Å². The summed E-state index contributed by atoms with van der Waals surface area (Å²) < 4.78 is 0. The summed E-state index contributed by atoms with van der Waals surface area (Å²) in [6, 6.07) is 3.19. The molecule has 184 valence electrons. The number of aliphatic hydroxyl groups is 1. The zero-order chi connectivity index (χ0) is 25.0. The number of fused-ring (bicyclic) bond motifs is 1. The van der Waals surface area contributed by atoms with E-state index in [-0.39, 0.29) is 13.0 Å². The van der Waals surface area contributed by atoms with E-state index in [0.29, 0.717) is 12.8 Å². The molecular formula is C23H31N5O6. The number of likely N-dealkylation sites (tertiary alicyclic amines) is 1. The molecule has 0 bridgehead atoms. The standard InChI is InChI=1S/C23H31N5O6/c1-12(24)20(30)27-19(13(2)29)22(32)28-9-5-8-18(28)21(31)26-17(23(33)34)10-14-11-25-16-7-4-3-6-15(14)16/h3-4,6-7,11-13,17-19,25,29H,5,8-10,24H2,1-2H3,(H,26,31)(H,27,30)(H,33,34). The van der Waals surface area contributed by atoms with Gasteiger partial charge in [0.25, 0.3) is 0 Å². The lowest BCUT2D eigenvalue weighted by molar-refractivity contribution is -0.146. The van der Waals surface area contributed by atoms with Gasteiger partial charge in [0.05, 0.1) is 12.1 Å². The third-order valence-electron chi connectivity index (χ3n) is 6.01. The first-order valence-electron chi connectivity index (χ1n) is 11.2. The van der Waals surface area contributed by atoms with Crippen LogP contribution in [0.5, 0.6) is 0 Å². The molecular weight excluding hydrogens is 442 g/mol. The fourth-order valence-corrected chi connectivity index (χ4v) is 4.14. The lowest BCUT2D eigenvalue weighted by Gasteiger charge is -2.30. The topological polar surface area (TPSA) is 178 Å². The number of carboxylic acid groups (broad SMARTS) is 1. The maximum absolute atomic E-state index is 13.1. The number of hydrogen-bond acceptors (Lipinski definition) is 6. The summed E-state index contributed by atoms with van der Waals surface area (Å²) in [6.07, 6.45) is 1.43. The third-order valence-corrected chi connectivity index (χ3v) is 6.01. The van der Waals surface area contributed by atoms with E-state index in [1.54, 1.807) is 6.20 Å². The summed E-state index contributed by atoms with van der Waals surface area (Å²) >= 11 is 0. The van der Waals surface area contributed by atoms with Crippen LogP contribution in [0, 0.1) is 0 Å². The average molecular weight is 474 g/mol. The van der Waals surface area contributed by atoms with Crippen molar-refractivity contribution in [3.05, 3.63) is 36.0 Å². The molecule has 3 rings (SSSR count). The number of aliphatic carboxylic acids is 1. The summed E-state index contributed by atoms with van der Waals surface area (Å²) in [4.78, 5) is 54.4. The van der Waals surface area contributed by atoms with E-state index in [0.717, 1.165) is 16.5 Å². The number of amides is 3. The van der Waals surface area contributed by atoms with Crippen molar-refractivity contribution in [1.29, 1.82) is 0 Å². The number of nitrogens with zero attached hydrogens (tertiary/aromatic N) is 1. The van der Waals surface area contributed by atoms with Crippen molar-refractivity contribution >= 4 is 34.6 Å². The first kappa shape index (κ1) is 25.2. The van der Waals surface area contributed by atoms with Crippen LogP contribution in [0.4, 0.5) is 0 Å². The van der Waals surface area contributed by atoms with Gasteiger partial charge in [-0.3, -0.25) is 14.4 Å². The highest BCUT2D eigenvalue weighted by Gasteiger charge is 2.40. The number of aliphatic hydroxyl groups excluding tert-OH is 1. The van der Waals surface area contributed by atoms with Crippen LogP contribution in [0.25, 0.3) is 10.9 Å². The van der Waals surface area contributed by atoms with Crippen molar-refractivity contribution in [3.8, 4) is 0 Å². The van der Waals surface area contributed by atoms with Crippen LogP contribution in [0.1, 0.15) is 32.3 Å². The molecule has 1 saturated heterocycles. The molecule has 3 amide bonds. The molecule has 1 aliphatic heterocycles. The molecule has 0 aliphatic carbocycles. The molecule has 7 N–H and O–H groups in total. The zero-order valence-corrected chi connectivity index (χ0v) is 19.2. The Morgan fingerprint density at radius 1 is 1.21 bits per heavy atom. The van der Waals surface area contributed by atoms with E-state index in [1.807, 2.05) is 24.3 Å². The molecule has 5 atom stereocenters. The van der Waals surface area contributed by atoms with Crippen molar-refractivity contribution in [2.75, 3.05) is 6.54 Å². The first-order valence-corrected chi connectivity index (χ1v) is 11.2. The largest absolute Gasteiger partial charge is 0.480 e. The van der Waals surface area contributed by atoms with Crippen LogP contribution in [0.15, 0.2) is 30.5 Å².